The first-order chi connectivity index (χ1) is 13.6. The molecule has 0 aromatic heterocycles. The summed E-state index contributed by atoms with van der Waals surface area (Å²) >= 11 is 5.49. The lowest BCUT2D eigenvalue weighted by molar-refractivity contribution is -0.0286. The topological polar surface area (TPSA) is 52.2 Å². The minimum atomic E-state index is -0.617. The summed E-state index contributed by atoms with van der Waals surface area (Å²) in [6.45, 7) is 1.82. The van der Waals surface area contributed by atoms with Gasteiger partial charge >= 0.3 is 0 Å². The van der Waals surface area contributed by atoms with Crippen LogP contribution < -0.4 is 19.5 Å². The van der Waals surface area contributed by atoms with Crippen molar-refractivity contribution in [1.82, 2.24) is 4.90 Å². The predicted octanol–water partition coefficient (Wildman–Crippen LogP) is 3.17. The molecule has 2 aliphatic heterocycles. The Morgan fingerprint density at radius 1 is 1.18 bits per heavy atom. The number of ether oxygens (including phenoxy) is 4. The van der Waals surface area contributed by atoms with Crippen molar-refractivity contribution in [3.63, 3.8) is 0 Å². The monoisotopic (exact) mass is 408 g/mol. The summed E-state index contributed by atoms with van der Waals surface area (Å²) in [7, 11) is 0. The number of hydrogen-bond donors (Lipinski definition) is 1. The van der Waals surface area contributed by atoms with Gasteiger partial charge in [-0.3, -0.25) is 0 Å². The number of anilines is 1. The maximum absolute atomic E-state index is 13.7. The van der Waals surface area contributed by atoms with Crippen LogP contribution in [0.4, 0.5) is 14.5 Å². The molecule has 2 aromatic carbocycles. The molecule has 1 atom stereocenters. The molecule has 0 radical (unpaired) electrons. The van der Waals surface area contributed by atoms with E-state index in [-0.39, 0.29) is 25.3 Å². The van der Waals surface area contributed by atoms with Crippen molar-refractivity contribution in [3.8, 4) is 17.2 Å². The quantitative estimate of drug-likeness (QED) is 0.780. The molecular weight excluding hydrogens is 390 g/mol. The van der Waals surface area contributed by atoms with Gasteiger partial charge in [0.05, 0.1) is 6.61 Å². The fourth-order valence-electron chi connectivity index (χ4n) is 2.95. The maximum Gasteiger partial charge on any atom is 0.231 e. The van der Waals surface area contributed by atoms with Gasteiger partial charge in [-0.1, -0.05) is 0 Å². The Morgan fingerprint density at radius 3 is 2.93 bits per heavy atom. The van der Waals surface area contributed by atoms with Crippen molar-refractivity contribution in [2.75, 3.05) is 38.4 Å². The van der Waals surface area contributed by atoms with Crippen LogP contribution in [0.15, 0.2) is 36.4 Å². The highest BCUT2D eigenvalue weighted by Crippen LogP contribution is 2.34. The predicted molar refractivity (Wildman–Crippen MR) is 102 cm³/mol. The third-order valence-corrected chi connectivity index (χ3v) is 4.73. The normalized spacial score (nSPS) is 18.1. The van der Waals surface area contributed by atoms with Crippen molar-refractivity contribution in [3.05, 3.63) is 48.0 Å². The van der Waals surface area contributed by atoms with Crippen LogP contribution in [0.3, 0.4) is 0 Å². The number of halogens is 2. The van der Waals surface area contributed by atoms with Gasteiger partial charge in [0.2, 0.25) is 6.79 Å². The summed E-state index contributed by atoms with van der Waals surface area (Å²) in [4.78, 5) is 1.94. The van der Waals surface area contributed by atoms with Crippen LogP contribution in [0.2, 0.25) is 0 Å². The molecule has 0 saturated carbocycles. The van der Waals surface area contributed by atoms with Crippen molar-refractivity contribution < 1.29 is 27.7 Å². The molecule has 2 aliphatic rings. The van der Waals surface area contributed by atoms with Gasteiger partial charge in [-0.25, -0.2) is 8.78 Å². The molecule has 1 N–H and O–H groups in total. The smallest absolute Gasteiger partial charge is 0.231 e. The second-order valence-electron chi connectivity index (χ2n) is 6.32. The van der Waals surface area contributed by atoms with Gasteiger partial charge < -0.3 is 29.2 Å². The van der Waals surface area contributed by atoms with Gasteiger partial charge in [0.1, 0.15) is 18.5 Å². The second kappa shape index (κ2) is 8.15. The van der Waals surface area contributed by atoms with E-state index < -0.39 is 11.6 Å². The summed E-state index contributed by atoms with van der Waals surface area (Å²) in [5.74, 6) is 0.0512. The highest BCUT2D eigenvalue weighted by Gasteiger charge is 2.24. The van der Waals surface area contributed by atoms with Crippen molar-refractivity contribution in [2.24, 2.45) is 0 Å². The molecule has 0 spiro atoms. The Morgan fingerprint density at radius 2 is 2.04 bits per heavy atom. The zero-order valence-electron chi connectivity index (χ0n) is 14.8. The molecule has 1 unspecified atom stereocenters. The minimum Gasteiger partial charge on any atom is -0.488 e. The fraction of sp³-hybridized carbons (Fsp3) is 0.316. The van der Waals surface area contributed by atoms with E-state index in [0.29, 0.717) is 36.3 Å². The summed E-state index contributed by atoms with van der Waals surface area (Å²) in [6.07, 6.45) is -0.326. The van der Waals surface area contributed by atoms with E-state index in [1.165, 1.54) is 0 Å². The van der Waals surface area contributed by atoms with Crippen molar-refractivity contribution in [2.45, 2.75) is 6.10 Å². The number of nitrogens with zero attached hydrogens (tertiary/aromatic N) is 1. The Hall–Kier alpha value is -2.65. The Balaban J connectivity index is 1.33. The largest absolute Gasteiger partial charge is 0.488 e. The number of fused-ring (bicyclic) bond motifs is 1. The molecule has 148 valence electrons. The third-order valence-electron chi connectivity index (χ3n) is 4.37. The van der Waals surface area contributed by atoms with Gasteiger partial charge in [0.15, 0.2) is 28.2 Å². The van der Waals surface area contributed by atoms with Gasteiger partial charge in [-0.15, -0.1) is 0 Å². The van der Waals surface area contributed by atoms with Crippen LogP contribution in [0.1, 0.15) is 0 Å². The molecule has 6 nitrogen and oxygen atoms in total. The molecule has 0 bridgehead atoms. The molecule has 28 heavy (non-hydrogen) atoms. The van der Waals surface area contributed by atoms with E-state index in [1.807, 2.05) is 23.1 Å². The molecular formula is C19H18F2N2O4S. The highest BCUT2D eigenvalue weighted by atomic mass is 32.1. The van der Waals surface area contributed by atoms with E-state index in [4.69, 9.17) is 31.2 Å². The van der Waals surface area contributed by atoms with Crippen LogP contribution in [0.5, 0.6) is 17.2 Å². The van der Waals surface area contributed by atoms with E-state index in [0.717, 1.165) is 23.9 Å². The molecule has 1 saturated heterocycles. The van der Waals surface area contributed by atoms with Gasteiger partial charge in [-0.05, 0) is 36.5 Å². The zero-order chi connectivity index (χ0) is 19.5. The minimum absolute atomic E-state index is 0.0868. The first-order valence-electron chi connectivity index (χ1n) is 8.73. The van der Waals surface area contributed by atoms with E-state index in [1.54, 1.807) is 0 Å². The van der Waals surface area contributed by atoms with Gasteiger partial charge in [0.25, 0.3) is 0 Å². The number of nitrogens with one attached hydrogen (secondary N) is 1. The number of hydrogen-bond acceptors (Lipinski definition) is 5. The lowest BCUT2D eigenvalue weighted by atomic mass is 10.2. The molecule has 2 aromatic rings. The van der Waals surface area contributed by atoms with E-state index in [9.17, 15) is 8.78 Å². The Kier molecular flexibility index (Phi) is 5.45. The van der Waals surface area contributed by atoms with E-state index in [2.05, 4.69) is 5.32 Å². The molecule has 2 heterocycles. The number of rotatable bonds is 4. The first kappa shape index (κ1) is 18.7. The Bertz CT molecular complexity index is 883. The molecule has 1 fully saturated rings. The van der Waals surface area contributed by atoms with Gasteiger partial charge in [0, 0.05) is 30.9 Å². The average Bonchev–Trinajstić information content (AvgIpc) is 3.17. The molecule has 4 rings (SSSR count). The molecule has 9 heteroatoms. The van der Waals surface area contributed by atoms with Crippen LogP contribution in [0, 0.1) is 11.6 Å². The Labute approximate surface area is 165 Å². The van der Waals surface area contributed by atoms with Crippen molar-refractivity contribution in [1.29, 1.82) is 0 Å². The summed E-state index contributed by atoms with van der Waals surface area (Å²) < 4.78 is 48.6. The number of benzene rings is 2. The molecule has 0 amide bonds. The lowest BCUT2D eigenvalue weighted by Crippen LogP contribution is -2.49. The number of morpholine rings is 1. The first-order valence-corrected chi connectivity index (χ1v) is 9.14. The fourth-order valence-corrected chi connectivity index (χ4v) is 3.24. The van der Waals surface area contributed by atoms with Gasteiger partial charge in [-0.2, -0.15) is 0 Å². The van der Waals surface area contributed by atoms with Crippen LogP contribution in [-0.4, -0.2) is 49.2 Å². The number of thiocarbonyl (C=S) groups is 1. The summed E-state index contributed by atoms with van der Waals surface area (Å²) in [5, 5.41) is 3.70. The second-order valence-corrected chi connectivity index (χ2v) is 6.71. The average molecular weight is 408 g/mol. The third kappa shape index (κ3) is 4.26. The SMILES string of the molecule is Fc1ccc(F)c(OCC2CN(C(=S)Nc3ccc4c(c3)OCO4)CCO2)c1. The highest BCUT2D eigenvalue weighted by molar-refractivity contribution is 7.80. The van der Waals surface area contributed by atoms with Crippen LogP contribution >= 0.6 is 12.2 Å². The zero-order valence-corrected chi connectivity index (χ0v) is 15.6. The van der Waals surface area contributed by atoms with E-state index >= 15 is 0 Å². The van der Waals surface area contributed by atoms with Crippen LogP contribution in [-0.2, 0) is 4.74 Å². The lowest BCUT2D eigenvalue weighted by Gasteiger charge is -2.34. The summed E-state index contributed by atoms with van der Waals surface area (Å²) in [6, 6.07) is 8.58. The molecule has 0 aliphatic carbocycles. The van der Waals surface area contributed by atoms with Crippen molar-refractivity contribution >= 4 is 23.0 Å². The maximum atomic E-state index is 13.7. The van der Waals surface area contributed by atoms with Crippen LogP contribution in [0.25, 0.3) is 0 Å². The summed E-state index contributed by atoms with van der Waals surface area (Å²) in [5.41, 5.74) is 0.787. The standard InChI is InChI=1S/C19H18F2N2O4S/c20-12-1-3-15(21)17(7-12)25-10-14-9-23(5-6-24-14)19(28)22-13-2-4-16-18(8-13)27-11-26-16/h1-4,7-8,14H,5-6,9-11H2,(H,22,28).